The van der Waals surface area contributed by atoms with Gasteiger partial charge in [0, 0.05) is 11.3 Å². The van der Waals surface area contributed by atoms with Crippen LogP contribution in [0.2, 0.25) is 0 Å². The average molecular weight is 321 g/mol. The van der Waals surface area contributed by atoms with E-state index in [1.165, 1.54) is 17.8 Å². The number of nitrogens with one attached hydrogen (secondary N) is 1. The first-order valence-corrected chi connectivity index (χ1v) is 7.39. The van der Waals surface area contributed by atoms with E-state index in [1.54, 1.807) is 48.5 Å². The van der Waals surface area contributed by atoms with Crippen LogP contribution in [0.3, 0.4) is 0 Å². The van der Waals surface area contributed by atoms with Crippen LogP contribution < -0.4 is 10.9 Å². The average Bonchev–Trinajstić information content (AvgIpc) is 2.58. The molecular formula is C18H15N3O3. The molecule has 1 N–H and O–H groups in total. The molecule has 0 aliphatic rings. The molecule has 0 aliphatic heterocycles. The summed E-state index contributed by atoms with van der Waals surface area (Å²) in [5.74, 6) is -0.448. The fourth-order valence-corrected chi connectivity index (χ4v) is 2.39. The van der Waals surface area contributed by atoms with Crippen LogP contribution in [0.4, 0.5) is 5.69 Å². The zero-order valence-corrected chi connectivity index (χ0v) is 13.0. The Hall–Kier alpha value is -3.28. The molecule has 2 aromatic carbocycles. The lowest BCUT2D eigenvalue weighted by Crippen LogP contribution is -2.27. The van der Waals surface area contributed by atoms with E-state index in [1.807, 2.05) is 0 Å². The number of amides is 1. The summed E-state index contributed by atoms with van der Waals surface area (Å²) in [7, 11) is 0. The van der Waals surface area contributed by atoms with Crippen LogP contribution in [0.25, 0.3) is 10.9 Å². The number of nitrogens with zero attached hydrogens (tertiary/aromatic N) is 2. The number of hydrogen-bond donors (Lipinski definition) is 1. The molecule has 120 valence electrons. The van der Waals surface area contributed by atoms with E-state index >= 15 is 0 Å². The Bertz CT molecular complexity index is 992. The topological polar surface area (TPSA) is 81.1 Å². The fourth-order valence-electron chi connectivity index (χ4n) is 2.39. The van der Waals surface area contributed by atoms with E-state index < -0.39 is 0 Å². The zero-order valence-electron chi connectivity index (χ0n) is 13.0. The highest BCUT2D eigenvalue weighted by molar-refractivity contribution is 5.97. The van der Waals surface area contributed by atoms with E-state index in [9.17, 15) is 14.4 Å². The van der Waals surface area contributed by atoms with Crippen molar-refractivity contribution in [3.63, 3.8) is 0 Å². The number of aromatic nitrogens is 2. The summed E-state index contributed by atoms with van der Waals surface area (Å²) in [5.41, 5.74) is 1.34. The Morgan fingerprint density at radius 2 is 1.92 bits per heavy atom. The van der Waals surface area contributed by atoms with Crippen LogP contribution in [-0.4, -0.2) is 21.2 Å². The van der Waals surface area contributed by atoms with Gasteiger partial charge in [0.05, 0.1) is 17.2 Å². The van der Waals surface area contributed by atoms with Gasteiger partial charge in [0.1, 0.15) is 6.54 Å². The SMILES string of the molecule is CC(=O)c1cccc(NC(=O)Cn2cnc3ccccc3c2=O)c1. The molecule has 0 radical (unpaired) electrons. The molecule has 0 atom stereocenters. The third-order valence-corrected chi connectivity index (χ3v) is 3.60. The molecule has 6 heteroatoms. The molecule has 0 bridgehead atoms. The Morgan fingerprint density at radius 3 is 2.71 bits per heavy atom. The van der Waals surface area contributed by atoms with Crippen LogP contribution in [0, 0.1) is 0 Å². The largest absolute Gasteiger partial charge is 0.325 e. The zero-order chi connectivity index (χ0) is 17.1. The number of benzene rings is 2. The van der Waals surface area contributed by atoms with Crippen molar-refractivity contribution in [2.45, 2.75) is 13.5 Å². The fraction of sp³-hybridized carbons (Fsp3) is 0.111. The number of Topliss-reactive ketones (excluding diaryl/α,β-unsaturated/α-hetero) is 1. The molecule has 3 aromatic rings. The lowest BCUT2D eigenvalue weighted by atomic mass is 10.1. The second-order valence-corrected chi connectivity index (χ2v) is 5.38. The summed E-state index contributed by atoms with van der Waals surface area (Å²) < 4.78 is 1.26. The van der Waals surface area contributed by atoms with Gasteiger partial charge < -0.3 is 5.32 Å². The van der Waals surface area contributed by atoms with E-state index in [4.69, 9.17) is 0 Å². The van der Waals surface area contributed by atoms with Crippen molar-refractivity contribution >= 4 is 28.3 Å². The second-order valence-electron chi connectivity index (χ2n) is 5.38. The highest BCUT2D eigenvalue weighted by Crippen LogP contribution is 2.11. The normalized spacial score (nSPS) is 10.5. The Morgan fingerprint density at radius 1 is 1.12 bits per heavy atom. The molecule has 0 saturated heterocycles. The van der Waals surface area contributed by atoms with Gasteiger partial charge in [-0.15, -0.1) is 0 Å². The number of rotatable bonds is 4. The summed E-state index contributed by atoms with van der Waals surface area (Å²) in [6, 6.07) is 13.6. The maximum atomic E-state index is 12.4. The maximum absolute atomic E-state index is 12.4. The molecule has 24 heavy (non-hydrogen) atoms. The maximum Gasteiger partial charge on any atom is 0.261 e. The van der Waals surface area contributed by atoms with Crippen LogP contribution in [0.5, 0.6) is 0 Å². The monoisotopic (exact) mass is 321 g/mol. The van der Waals surface area contributed by atoms with Crippen molar-refractivity contribution in [1.82, 2.24) is 9.55 Å². The lowest BCUT2D eigenvalue weighted by Gasteiger charge is -2.08. The number of ketones is 1. The third kappa shape index (κ3) is 3.22. The van der Waals surface area contributed by atoms with Crippen LogP contribution in [-0.2, 0) is 11.3 Å². The highest BCUT2D eigenvalue weighted by atomic mass is 16.2. The van der Waals surface area contributed by atoms with Gasteiger partial charge in [-0.3, -0.25) is 19.0 Å². The molecule has 1 heterocycles. The van der Waals surface area contributed by atoms with E-state index in [0.29, 0.717) is 22.2 Å². The van der Waals surface area contributed by atoms with E-state index in [2.05, 4.69) is 10.3 Å². The first kappa shape index (κ1) is 15.6. The van der Waals surface area contributed by atoms with Gasteiger partial charge in [-0.25, -0.2) is 4.98 Å². The number of carbonyl (C=O) groups excluding carboxylic acids is 2. The van der Waals surface area contributed by atoms with Gasteiger partial charge in [0.25, 0.3) is 5.56 Å². The number of anilines is 1. The summed E-state index contributed by atoms with van der Waals surface area (Å²) in [6.45, 7) is 1.31. The molecule has 1 aromatic heterocycles. The third-order valence-electron chi connectivity index (χ3n) is 3.60. The van der Waals surface area contributed by atoms with Gasteiger partial charge in [-0.05, 0) is 31.2 Å². The first-order valence-electron chi connectivity index (χ1n) is 7.39. The molecule has 3 rings (SSSR count). The molecule has 0 unspecified atom stereocenters. The van der Waals surface area contributed by atoms with Crippen LogP contribution in [0.1, 0.15) is 17.3 Å². The van der Waals surface area contributed by atoms with Crippen molar-refractivity contribution < 1.29 is 9.59 Å². The van der Waals surface area contributed by atoms with Gasteiger partial charge in [-0.2, -0.15) is 0 Å². The highest BCUT2D eigenvalue weighted by Gasteiger charge is 2.09. The minimum Gasteiger partial charge on any atom is -0.325 e. The minimum absolute atomic E-state index is 0.0824. The van der Waals surface area contributed by atoms with E-state index in [-0.39, 0.29) is 23.8 Å². The summed E-state index contributed by atoms with van der Waals surface area (Å²) in [6.07, 6.45) is 1.36. The van der Waals surface area contributed by atoms with Crippen LogP contribution >= 0.6 is 0 Å². The molecule has 0 saturated carbocycles. The predicted octanol–water partition coefficient (Wildman–Crippen LogP) is 2.24. The number of hydrogen-bond acceptors (Lipinski definition) is 4. The summed E-state index contributed by atoms with van der Waals surface area (Å²) in [4.78, 5) is 40.1. The number of carbonyl (C=O) groups is 2. The summed E-state index contributed by atoms with van der Waals surface area (Å²) >= 11 is 0. The summed E-state index contributed by atoms with van der Waals surface area (Å²) in [5, 5.41) is 3.15. The minimum atomic E-state index is -0.366. The van der Waals surface area contributed by atoms with Gasteiger partial charge in [0.2, 0.25) is 5.91 Å². The lowest BCUT2D eigenvalue weighted by molar-refractivity contribution is -0.116. The number of para-hydroxylation sites is 1. The quantitative estimate of drug-likeness (QED) is 0.747. The molecular weight excluding hydrogens is 306 g/mol. The van der Waals surface area contributed by atoms with Gasteiger partial charge >= 0.3 is 0 Å². The van der Waals surface area contributed by atoms with Crippen molar-refractivity contribution in [2.24, 2.45) is 0 Å². The van der Waals surface area contributed by atoms with Crippen molar-refractivity contribution in [3.05, 3.63) is 70.8 Å². The number of fused-ring (bicyclic) bond motifs is 1. The van der Waals surface area contributed by atoms with E-state index in [0.717, 1.165) is 0 Å². The first-order chi connectivity index (χ1) is 11.5. The molecule has 0 fully saturated rings. The van der Waals surface area contributed by atoms with Crippen molar-refractivity contribution in [3.8, 4) is 0 Å². The molecule has 1 amide bonds. The Kier molecular flexibility index (Phi) is 4.20. The molecule has 0 spiro atoms. The van der Waals surface area contributed by atoms with Gasteiger partial charge in [-0.1, -0.05) is 24.3 Å². The Balaban J connectivity index is 1.80. The molecule has 6 nitrogen and oxygen atoms in total. The second kappa shape index (κ2) is 6.45. The van der Waals surface area contributed by atoms with Gasteiger partial charge in [0.15, 0.2) is 5.78 Å². The predicted molar refractivity (Wildman–Crippen MR) is 91.1 cm³/mol. The standard InChI is InChI=1S/C18H15N3O3/c1-12(22)13-5-4-6-14(9-13)20-17(23)10-21-11-19-16-8-3-2-7-15(16)18(21)24/h2-9,11H,10H2,1H3,(H,20,23). The van der Waals surface area contributed by atoms with Crippen LogP contribution in [0.15, 0.2) is 59.7 Å². The molecule has 0 aliphatic carbocycles. The van der Waals surface area contributed by atoms with Crippen molar-refractivity contribution in [2.75, 3.05) is 5.32 Å². The van der Waals surface area contributed by atoms with Crippen molar-refractivity contribution in [1.29, 1.82) is 0 Å². The smallest absolute Gasteiger partial charge is 0.261 e. The Labute approximate surface area is 137 Å².